The molecule has 1 aliphatic carbocycles. The van der Waals surface area contributed by atoms with Crippen LogP contribution in [0.25, 0.3) is 0 Å². The van der Waals surface area contributed by atoms with Gasteiger partial charge in [-0.3, -0.25) is 0 Å². The van der Waals surface area contributed by atoms with Crippen LogP contribution in [-0.4, -0.2) is 31.4 Å². The van der Waals surface area contributed by atoms with Crippen LogP contribution < -0.4 is 51.4 Å². The van der Waals surface area contributed by atoms with Gasteiger partial charge >= 0.3 is 58.4 Å². The second-order valence-electron chi connectivity index (χ2n) is 5.06. The van der Waals surface area contributed by atoms with Gasteiger partial charge in [0.15, 0.2) is 0 Å². The number of nitrogens with zero attached hydrogens (tertiary/aromatic N) is 1. The normalized spacial score (nSPS) is 31.7. The Kier molecular flexibility index (Phi) is 6.37. The Hall–Kier alpha value is 1.45. The molecule has 6 heteroatoms. The molecule has 0 bridgehead atoms. The van der Waals surface area contributed by atoms with E-state index in [-0.39, 0.29) is 51.4 Å². The minimum absolute atomic E-state index is 0. The van der Waals surface area contributed by atoms with Gasteiger partial charge in [-0.2, -0.15) is 0 Å². The molecule has 1 aliphatic heterocycles. The number of halogens is 3. The van der Waals surface area contributed by atoms with Crippen molar-refractivity contribution in [2.75, 3.05) is 19.5 Å². The third-order valence-corrected chi connectivity index (χ3v) is 3.84. The van der Waals surface area contributed by atoms with Crippen molar-refractivity contribution in [2.24, 2.45) is 11.8 Å². The van der Waals surface area contributed by atoms with E-state index in [1.165, 1.54) is 19.3 Å². The molecule has 0 aromatic rings. The SMILES string of the molecule is F[B-](F)(F)CN1CCC2CCCCC2C1.[K+]. The van der Waals surface area contributed by atoms with Crippen LogP contribution >= 0.6 is 0 Å². The van der Waals surface area contributed by atoms with Crippen molar-refractivity contribution in [1.29, 1.82) is 0 Å². The van der Waals surface area contributed by atoms with Crippen molar-refractivity contribution in [1.82, 2.24) is 4.90 Å². The monoisotopic (exact) mass is 259 g/mol. The van der Waals surface area contributed by atoms with Gasteiger partial charge in [0.1, 0.15) is 0 Å². The fraction of sp³-hybridized carbons (Fsp3) is 1.00. The van der Waals surface area contributed by atoms with E-state index < -0.39 is 13.4 Å². The molecule has 1 heterocycles. The van der Waals surface area contributed by atoms with E-state index in [1.807, 2.05) is 0 Å². The molecule has 2 unspecified atom stereocenters. The summed E-state index contributed by atoms with van der Waals surface area (Å²) in [6.07, 6.45) is 5.22. The first-order valence-corrected chi connectivity index (χ1v) is 5.98. The molecule has 0 spiro atoms. The van der Waals surface area contributed by atoms with Crippen molar-refractivity contribution in [3.8, 4) is 0 Å². The van der Waals surface area contributed by atoms with Gasteiger partial charge < -0.3 is 17.8 Å². The molecular formula is C10H18BF3KN. The van der Waals surface area contributed by atoms with Crippen molar-refractivity contribution in [3.05, 3.63) is 0 Å². The van der Waals surface area contributed by atoms with Crippen LogP contribution in [0, 0.1) is 11.8 Å². The predicted octanol–water partition coefficient (Wildman–Crippen LogP) is -0.111. The molecule has 1 saturated heterocycles. The van der Waals surface area contributed by atoms with Gasteiger partial charge in [0, 0.05) is 0 Å². The first-order valence-electron chi connectivity index (χ1n) is 5.98. The maximum Gasteiger partial charge on any atom is 1.00 e. The third-order valence-electron chi connectivity index (χ3n) is 3.84. The molecule has 88 valence electrons. The molecule has 1 nitrogen and oxygen atoms in total. The molecule has 0 radical (unpaired) electrons. The van der Waals surface area contributed by atoms with Crippen molar-refractivity contribution < 1.29 is 64.3 Å². The fourth-order valence-corrected chi connectivity index (χ4v) is 3.13. The Labute approximate surface area is 138 Å². The van der Waals surface area contributed by atoms with Crippen LogP contribution in [0.1, 0.15) is 32.1 Å². The van der Waals surface area contributed by atoms with Gasteiger partial charge in [-0.1, -0.05) is 19.3 Å². The Balaban J connectivity index is 0.00000128. The van der Waals surface area contributed by atoms with Crippen molar-refractivity contribution in [3.63, 3.8) is 0 Å². The van der Waals surface area contributed by atoms with E-state index in [9.17, 15) is 12.9 Å². The summed E-state index contributed by atoms with van der Waals surface area (Å²) in [6, 6.07) is 0. The second kappa shape index (κ2) is 6.57. The van der Waals surface area contributed by atoms with E-state index in [1.54, 1.807) is 4.90 Å². The van der Waals surface area contributed by atoms with E-state index in [4.69, 9.17) is 0 Å². The molecule has 0 N–H and O–H groups in total. The summed E-state index contributed by atoms with van der Waals surface area (Å²) >= 11 is 0. The second-order valence-corrected chi connectivity index (χ2v) is 5.06. The zero-order valence-electron chi connectivity index (χ0n) is 9.97. The Morgan fingerprint density at radius 3 is 2.25 bits per heavy atom. The maximum absolute atomic E-state index is 12.3. The zero-order chi connectivity index (χ0) is 10.9. The minimum Gasteiger partial charge on any atom is -0.448 e. The summed E-state index contributed by atoms with van der Waals surface area (Å²) < 4.78 is 36.9. The van der Waals surface area contributed by atoms with E-state index in [0.717, 1.165) is 18.8 Å². The molecule has 1 saturated carbocycles. The first-order chi connectivity index (χ1) is 7.04. The van der Waals surface area contributed by atoms with Crippen LogP contribution in [0.2, 0.25) is 0 Å². The quantitative estimate of drug-likeness (QED) is 0.625. The molecule has 0 aromatic carbocycles. The first kappa shape index (κ1) is 15.5. The fourth-order valence-electron chi connectivity index (χ4n) is 3.13. The average Bonchev–Trinajstić information content (AvgIpc) is 2.15. The van der Waals surface area contributed by atoms with Gasteiger partial charge in [-0.15, -0.1) is 0 Å². The Morgan fingerprint density at radius 2 is 1.62 bits per heavy atom. The largest absolute Gasteiger partial charge is 1.00 e. The average molecular weight is 259 g/mol. The van der Waals surface area contributed by atoms with E-state index >= 15 is 0 Å². The van der Waals surface area contributed by atoms with Gasteiger partial charge in [0.2, 0.25) is 0 Å². The zero-order valence-corrected chi connectivity index (χ0v) is 13.1. The number of rotatable bonds is 2. The van der Waals surface area contributed by atoms with Crippen molar-refractivity contribution in [2.45, 2.75) is 32.1 Å². The van der Waals surface area contributed by atoms with Crippen LogP contribution in [0.4, 0.5) is 12.9 Å². The minimum atomic E-state index is -4.63. The topological polar surface area (TPSA) is 3.24 Å². The molecule has 16 heavy (non-hydrogen) atoms. The number of likely N-dealkylation sites (tertiary alicyclic amines) is 1. The maximum atomic E-state index is 12.3. The van der Waals surface area contributed by atoms with Gasteiger partial charge in [-0.25, -0.2) is 0 Å². The van der Waals surface area contributed by atoms with Gasteiger partial charge in [0.05, 0.1) is 0 Å². The van der Waals surface area contributed by atoms with Gasteiger partial charge in [-0.05, 0) is 44.2 Å². The predicted molar refractivity (Wildman–Crippen MR) is 55.6 cm³/mol. The van der Waals surface area contributed by atoms with Crippen LogP contribution in [-0.2, 0) is 0 Å². The summed E-state index contributed by atoms with van der Waals surface area (Å²) in [6.45, 7) is -3.29. The third kappa shape index (κ3) is 4.61. The van der Waals surface area contributed by atoms with E-state index in [2.05, 4.69) is 0 Å². The number of hydrogen-bond donors (Lipinski definition) is 0. The number of hydrogen-bond acceptors (Lipinski definition) is 1. The van der Waals surface area contributed by atoms with E-state index in [0.29, 0.717) is 19.0 Å². The van der Waals surface area contributed by atoms with Crippen LogP contribution in [0.3, 0.4) is 0 Å². The van der Waals surface area contributed by atoms with Crippen molar-refractivity contribution >= 4 is 6.98 Å². The summed E-state index contributed by atoms with van der Waals surface area (Å²) in [5.41, 5.74) is 0. The molecule has 2 aliphatic rings. The van der Waals surface area contributed by atoms with Crippen LogP contribution in [0.5, 0.6) is 0 Å². The smallest absolute Gasteiger partial charge is 0.448 e. The molecule has 2 fully saturated rings. The summed E-state index contributed by atoms with van der Waals surface area (Å²) in [5.74, 6) is 1.27. The molecular weight excluding hydrogens is 241 g/mol. The molecule has 0 amide bonds. The molecule has 2 atom stereocenters. The molecule has 2 rings (SSSR count). The number of fused-ring (bicyclic) bond motifs is 1. The summed E-state index contributed by atoms with van der Waals surface area (Å²) in [7, 11) is 0. The van der Waals surface area contributed by atoms with Crippen LogP contribution in [0.15, 0.2) is 0 Å². The Morgan fingerprint density at radius 1 is 1.00 bits per heavy atom. The Bertz CT molecular complexity index is 225. The standard InChI is InChI=1S/C10H18BF3N.K/c12-11(13,14)8-15-6-5-9-3-1-2-4-10(9)7-15;/h9-10H,1-8H2;/q-1;+1. The molecule has 0 aromatic heterocycles. The summed E-state index contributed by atoms with van der Waals surface area (Å²) in [5, 5.41) is 0. The number of piperidine rings is 1. The summed E-state index contributed by atoms with van der Waals surface area (Å²) in [4.78, 5) is 1.62. The van der Waals surface area contributed by atoms with Gasteiger partial charge in [0.25, 0.3) is 0 Å².